The molecule has 0 aliphatic carbocycles. The van der Waals surface area contributed by atoms with Crippen LogP contribution in [0.2, 0.25) is 0 Å². The molecule has 4 heteroatoms. The first-order valence-corrected chi connectivity index (χ1v) is 7.04. The van der Waals surface area contributed by atoms with E-state index in [1.54, 1.807) is 6.92 Å². The molecule has 0 aromatic rings. The fourth-order valence-corrected chi connectivity index (χ4v) is 2.10. The molecule has 3 nitrogen and oxygen atoms in total. The van der Waals surface area contributed by atoms with Crippen LogP contribution >= 0.6 is 0 Å². The number of hydrogen-bond acceptors (Lipinski definition) is 2. The first-order chi connectivity index (χ1) is 6.77. The average molecular weight is 233 g/mol. The topological polar surface area (TPSA) is 46.2 Å². The second kappa shape index (κ2) is 6.28. The molecule has 0 aromatic carbocycles. The molecule has 0 aromatic heterocycles. The highest BCUT2D eigenvalue weighted by Gasteiger charge is 2.07. The summed E-state index contributed by atoms with van der Waals surface area (Å²) in [5.74, 6) is 0.182. The predicted molar refractivity (Wildman–Crippen MR) is 65.3 cm³/mol. The lowest BCUT2D eigenvalue weighted by atomic mass is 9.92. The zero-order chi connectivity index (χ0) is 11.9. The lowest BCUT2D eigenvalue weighted by Gasteiger charge is -2.14. The maximum atomic E-state index is 11.2. The van der Waals surface area contributed by atoms with Crippen LogP contribution in [0, 0.1) is 5.41 Å². The number of sulfonamides is 1. The Morgan fingerprint density at radius 2 is 1.80 bits per heavy atom. The number of rotatable bonds is 6. The minimum absolute atomic E-state index is 0.182. The zero-order valence-electron chi connectivity index (χ0n) is 10.2. The van der Waals surface area contributed by atoms with Gasteiger partial charge in [0.25, 0.3) is 0 Å². The molecule has 0 saturated heterocycles. The van der Waals surface area contributed by atoms with Crippen LogP contribution < -0.4 is 4.72 Å². The molecular formula is C11H23NO2S. The molecule has 90 valence electrons. The van der Waals surface area contributed by atoms with Gasteiger partial charge in [-0.25, -0.2) is 13.1 Å². The van der Waals surface area contributed by atoms with E-state index in [0.29, 0.717) is 13.0 Å². The van der Waals surface area contributed by atoms with Gasteiger partial charge in [0.2, 0.25) is 10.0 Å². The van der Waals surface area contributed by atoms with Crippen LogP contribution in [-0.2, 0) is 10.0 Å². The summed E-state index contributed by atoms with van der Waals surface area (Å²) in [7, 11) is -3.05. The van der Waals surface area contributed by atoms with E-state index in [2.05, 4.69) is 31.6 Å². The van der Waals surface area contributed by atoms with Crippen molar-refractivity contribution in [1.29, 1.82) is 0 Å². The smallest absolute Gasteiger partial charge is 0.211 e. The summed E-state index contributed by atoms with van der Waals surface area (Å²) in [6.45, 7) is 8.73. The van der Waals surface area contributed by atoms with Crippen molar-refractivity contribution < 1.29 is 8.42 Å². The Labute approximate surface area is 94.0 Å². The highest BCUT2D eigenvalue weighted by molar-refractivity contribution is 7.89. The van der Waals surface area contributed by atoms with Gasteiger partial charge in [-0.2, -0.15) is 0 Å². The van der Waals surface area contributed by atoms with Crippen LogP contribution in [0.5, 0.6) is 0 Å². The minimum Gasteiger partial charge on any atom is -0.216 e. The highest BCUT2D eigenvalue weighted by Crippen LogP contribution is 2.18. The molecular weight excluding hydrogens is 210 g/mol. The van der Waals surface area contributed by atoms with Crippen molar-refractivity contribution in [2.75, 3.05) is 12.3 Å². The monoisotopic (exact) mass is 233 g/mol. The molecule has 15 heavy (non-hydrogen) atoms. The van der Waals surface area contributed by atoms with Crippen LogP contribution in [0.15, 0.2) is 12.2 Å². The lowest BCUT2D eigenvalue weighted by Crippen LogP contribution is -2.25. The van der Waals surface area contributed by atoms with Crippen LogP contribution in [0.3, 0.4) is 0 Å². The van der Waals surface area contributed by atoms with Crippen molar-refractivity contribution in [3.05, 3.63) is 12.2 Å². The largest absolute Gasteiger partial charge is 0.216 e. The van der Waals surface area contributed by atoms with E-state index in [1.807, 2.05) is 6.08 Å². The van der Waals surface area contributed by atoms with Crippen molar-refractivity contribution in [1.82, 2.24) is 4.72 Å². The Hall–Kier alpha value is -0.350. The van der Waals surface area contributed by atoms with Gasteiger partial charge in [-0.3, -0.25) is 0 Å². The van der Waals surface area contributed by atoms with Gasteiger partial charge in [0.1, 0.15) is 0 Å². The first-order valence-electron chi connectivity index (χ1n) is 5.39. The van der Waals surface area contributed by atoms with Gasteiger partial charge < -0.3 is 0 Å². The van der Waals surface area contributed by atoms with E-state index in [9.17, 15) is 8.42 Å². The Balaban J connectivity index is 3.80. The van der Waals surface area contributed by atoms with E-state index in [-0.39, 0.29) is 11.2 Å². The van der Waals surface area contributed by atoms with E-state index in [4.69, 9.17) is 0 Å². The van der Waals surface area contributed by atoms with E-state index < -0.39 is 10.0 Å². The summed E-state index contributed by atoms with van der Waals surface area (Å²) >= 11 is 0. The van der Waals surface area contributed by atoms with Crippen LogP contribution in [0.25, 0.3) is 0 Å². The van der Waals surface area contributed by atoms with Gasteiger partial charge in [0.15, 0.2) is 0 Å². The second-order valence-corrected chi connectivity index (χ2v) is 6.77. The van der Waals surface area contributed by atoms with Crippen molar-refractivity contribution in [2.24, 2.45) is 5.41 Å². The fraction of sp³-hybridized carbons (Fsp3) is 0.818. The molecule has 1 N–H and O–H groups in total. The molecule has 0 aliphatic rings. The molecule has 0 bridgehead atoms. The van der Waals surface area contributed by atoms with E-state index in [0.717, 1.165) is 6.42 Å². The molecule has 0 unspecified atom stereocenters. The van der Waals surface area contributed by atoms with Gasteiger partial charge in [-0.15, -0.1) is 0 Å². The minimum atomic E-state index is -3.05. The average Bonchev–Trinajstić information content (AvgIpc) is 2.00. The van der Waals surface area contributed by atoms with Crippen LogP contribution in [0.4, 0.5) is 0 Å². The number of allylic oxidation sites excluding steroid dienone is 2. The van der Waals surface area contributed by atoms with Gasteiger partial charge in [0.05, 0.1) is 5.75 Å². The van der Waals surface area contributed by atoms with Crippen LogP contribution in [-0.4, -0.2) is 20.7 Å². The Kier molecular flexibility index (Phi) is 6.13. The summed E-state index contributed by atoms with van der Waals surface area (Å²) in [5.41, 5.74) is 0.275. The zero-order valence-corrected chi connectivity index (χ0v) is 11.0. The quantitative estimate of drug-likeness (QED) is 0.716. The third kappa shape index (κ3) is 9.94. The number of nitrogens with one attached hydrogen (secondary N) is 1. The molecule has 0 radical (unpaired) electrons. The third-order valence-corrected chi connectivity index (χ3v) is 3.32. The van der Waals surface area contributed by atoms with Crippen molar-refractivity contribution in [3.63, 3.8) is 0 Å². The molecule has 0 saturated carbocycles. The molecule has 0 atom stereocenters. The summed E-state index contributed by atoms with van der Waals surface area (Å²) in [5, 5.41) is 0. The molecule has 0 fully saturated rings. The maximum absolute atomic E-state index is 11.2. The van der Waals surface area contributed by atoms with Crippen LogP contribution in [0.1, 0.15) is 40.5 Å². The van der Waals surface area contributed by atoms with Gasteiger partial charge in [0, 0.05) is 6.54 Å². The maximum Gasteiger partial charge on any atom is 0.211 e. The third-order valence-electron chi connectivity index (χ3n) is 1.81. The predicted octanol–water partition coefficient (Wildman–Crippen LogP) is 2.31. The molecule has 0 rings (SSSR count). The van der Waals surface area contributed by atoms with Gasteiger partial charge in [-0.1, -0.05) is 39.8 Å². The molecule has 0 spiro atoms. The Morgan fingerprint density at radius 1 is 1.20 bits per heavy atom. The highest BCUT2D eigenvalue weighted by atomic mass is 32.2. The van der Waals surface area contributed by atoms with Crippen molar-refractivity contribution in [2.45, 2.75) is 40.5 Å². The van der Waals surface area contributed by atoms with Crippen molar-refractivity contribution in [3.8, 4) is 0 Å². The lowest BCUT2D eigenvalue weighted by molar-refractivity contribution is 0.420. The Bertz CT molecular complexity index is 286. The van der Waals surface area contributed by atoms with Gasteiger partial charge in [-0.05, 0) is 18.3 Å². The second-order valence-electron chi connectivity index (χ2n) is 4.84. The van der Waals surface area contributed by atoms with E-state index in [1.165, 1.54) is 0 Å². The molecule has 0 aliphatic heterocycles. The summed E-state index contributed by atoms with van der Waals surface area (Å²) in [6, 6.07) is 0. The van der Waals surface area contributed by atoms with Crippen molar-refractivity contribution >= 4 is 10.0 Å². The standard InChI is InChI=1S/C11H23NO2S/c1-5-12-15(13,14)10-8-6-7-9-11(2,3)4/h6-7,12H,5,8-10H2,1-4H3/b7-6+. The summed E-state index contributed by atoms with van der Waals surface area (Å²) < 4.78 is 25.0. The fourth-order valence-electron chi connectivity index (χ4n) is 1.07. The van der Waals surface area contributed by atoms with Gasteiger partial charge >= 0.3 is 0 Å². The summed E-state index contributed by atoms with van der Waals surface area (Å²) in [6.07, 6.45) is 5.57. The van der Waals surface area contributed by atoms with E-state index >= 15 is 0 Å². The summed E-state index contributed by atoms with van der Waals surface area (Å²) in [4.78, 5) is 0. The first kappa shape index (κ1) is 14.6. The molecule has 0 heterocycles. The normalized spacial score (nSPS) is 13.6. The SMILES string of the molecule is CCNS(=O)(=O)CC/C=C/CC(C)(C)C. The molecule has 0 amide bonds. The Morgan fingerprint density at radius 3 is 2.27 bits per heavy atom. The number of hydrogen-bond donors (Lipinski definition) is 1.